The standard InChI is InChI=1S/C24H19ClN4O2/c1-14-22(16-9-11-17(25)12-10-16)23-27-24(31)20(29(23)28-14)13-21(30)26-19-8-4-6-15-5-2-3-7-18(15)19/h2-12,20H,13H2,1H3,(H,26,30)(H,27,31). The van der Waals surface area contributed by atoms with Gasteiger partial charge in [-0.3, -0.25) is 9.59 Å². The number of fused-ring (bicyclic) bond motifs is 2. The Morgan fingerprint density at radius 2 is 1.84 bits per heavy atom. The van der Waals surface area contributed by atoms with Gasteiger partial charge in [0.25, 0.3) is 5.91 Å². The molecule has 0 spiro atoms. The second kappa shape index (κ2) is 7.56. The summed E-state index contributed by atoms with van der Waals surface area (Å²) in [6, 6.07) is 20.3. The fraction of sp³-hybridized carbons (Fsp3) is 0.125. The van der Waals surface area contributed by atoms with Gasteiger partial charge in [0.05, 0.1) is 12.1 Å². The van der Waals surface area contributed by atoms with Crippen molar-refractivity contribution in [3.8, 4) is 11.1 Å². The van der Waals surface area contributed by atoms with Gasteiger partial charge in [-0.25, -0.2) is 4.68 Å². The van der Waals surface area contributed by atoms with Crippen LogP contribution in [0.15, 0.2) is 66.7 Å². The van der Waals surface area contributed by atoms with Gasteiger partial charge >= 0.3 is 0 Å². The summed E-state index contributed by atoms with van der Waals surface area (Å²) in [5.74, 6) is 0.115. The molecule has 0 bridgehead atoms. The lowest BCUT2D eigenvalue weighted by atomic mass is 10.1. The van der Waals surface area contributed by atoms with E-state index in [0.29, 0.717) is 10.8 Å². The average molecular weight is 431 g/mol. The molecule has 0 saturated carbocycles. The van der Waals surface area contributed by atoms with Crippen molar-refractivity contribution in [2.75, 3.05) is 10.6 Å². The second-order valence-corrected chi connectivity index (χ2v) is 7.98. The van der Waals surface area contributed by atoms with Crippen LogP contribution in [0.2, 0.25) is 5.02 Å². The van der Waals surface area contributed by atoms with E-state index in [4.69, 9.17) is 11.6 Å². The van der Waals surface area contributed by atoms with Crippen molar-refractivity contribution in [1.29, 1.82) is 0 Å². The molecule has 4 aromatic rings. The van der Waals surface area contributed by atoms with Crippen molar-refractivity contribution in [2.45, 2.75) is 19.4 Å². The Morgan fingerprint density at radius 1 is 1.10 bits per heavy atom. The Morgan fingerprint density at radius 3 is 2.65 bits per heavy atom. The third-order valence-corrected chi connectivity index (χ3v) is 5.75. The van der Waals surface area contributed by atoms with Crippen molar-refractivity contribution in [2.24, 2.45) is 0 Å². The Balaban J connectivity index is 1.41. The first-order valence-corrected chi connectivity index (χ1v) is 10.3. The van der Waals surface area contributed by atoms with Crippen LogP contribution in [0.1, 0.15) is 18.2 Å². The maximum atomic E-state index is 12.8. The molecule has 31 heavy (non-hydrogen) atoms. The second-order valence-electron chi connectivity index (χ2n) is 7.54. The summed E-state index contributed by atoms with van der Waals surface area (Å²) in [6.07, 6.45) is -0.0107. The molecule has 1 aromatic heterocycles. The van der Waals surface area contributed by atoms with Crippen molar-refractivity contribution in [1.82, 2.24) is 9.78 Å². The third-order valence-electron chi connectivity index (χ3n) is 5.50. The number of rotatable bonds is 4. The normalized spacial score (nSPS) is 15.0. The number of carbonyl (C=O) groups excluding carboxylic acids is 2. The first kappa shape index (κ1) is 19.3. The molecule has 2 amide bonds. The van der Waals surface area contributed by atoms with Crippen LogP contribution >= 0.6 is 11.6 Å². The molecule has 1 aliphatic heterocycles. The molecule has 6 nitrogen and oxygen atoms in total. The van der Waals surface area contributed by atoms with Gasteiger partial charge in [-0.2, -0.15) is 5.10 Å². The largest absolute Gasteiger partial charge is 0.325 e. The van der Waals surface area contributed by atoms with Crippen LogP contribution in [0.4, 0.5) is 11.5 Å². The quantitative estimate of drug-likeness (QED) is 0.468. The topological polar surface area (TPSA) is 76.0 Å². The molecule has 2 heterocycles. The monoisotopic (exact) mass is 430 g/mol. The van der Waals surface area contributed by atoms with Crippen LogP contribution in [0.3, 0.4) is 0 Å². The molecule has 3 aromatic carbocycles. The minimum atomic E-state index is -0.704. The smallest absolute Gasteiger partial charge is 0.251 e. The van der Waals surface area contributed by atoms with E-state index in [1.165, 1.54) is 0 Å². The zero-order valence-electron chi connectivity index (χ0n) is 16.7. The first-order chi connectivity index (χ1) is 15.0. The summed E-state index contributed by atoms with van der Waals surface area (Å²) in [4.78, 5) is 25.5. The van der Waals surface area contributed by atoms with Gasteiger partial charge in [0, 0.05) is 21.7 Å². The van der Waals surface area contributed by atoms with Crippen LogP contribution < -0.4 is 10.6 Å². The van der Waals surface area contributed by atoms with Gasteiger partial charge in [-0.05, 0) is 36.1 Å². The van der Waals surface area contributed by atoms with Crippen LogP contribution in [0.5, 0.6) is 0 Å². The van der Waals surface area contributed by atoms with Gasteiger partial charge < -0.3 is 10.6 Å². The fourth-order valence-electron chi connectivity index (χ4n) is 4.06. The maximum absolute atomic E-state index is 12.8. The first-order valence-electron chi connectivity index (χ1n) is 9.95. The van der Waals surface area contributed by atoms with E-state index in [1.807, 2.05) is 61.5 Å². The number of benzene rings is 3. The summed E-state index contributed by atoms with van der Waals surface area (Å²) < 4.78 is 1.62. The summed E-state index contributed by atoms with van der Waals surface area (Å²) in [5, 5.41) is 13.0. The van der Waals surface area contributed by atoms with Gasteiger partial charge in [0.1, 0.15) is 11.9 Å². The highest BCUT2D eigenvalue weighted by molar-refractivity contribution is 6.30. The molecule has 7 heteroatoms. The minimum absolute atomic E-state index is 0.0107. The lowest BCUT2D eigenvalue weighted by Crippen LogP contribution is -2.23. The molecular formula is C24H19ClN4O2. The molecule has 0 fully saturated rings. The van der Waals surface area contributed by atoms with Crippen LogP contribution in [-0.2, 0) is 9.59 Å². The van der Waals surface area contributed by atoms with Gasteiger partial charge in [-0.15, -0.1) is 0 Å². The predicted molar refractivity (Wildman–Crippen MR) is 122 cm³/mol. The van der Waals surface area contributed by atoms with E-state index in [9.17, 15) is 9.59 Å². The number of hydrogen-bond acceptors (Lipinski definition) is 3. The zero-order chi connectivity index (χ0) is 21.5. The Bertz CT molecular complexity index is 1320. The summed E-state index contributed by atoms with van der Waals surface area (Å²) in [5.41, 5.74) is 3.24. The molecule has 5 rings (SSSR count). The predicted octanol–water partition coefficient (Wildman–Crippen LogP) is 5.19. The van der Waals surface area contributed by atoms with E-state index in [-0.39, 0.29) is 18.2 Å². The molecule has 1 aliphatic rings. The molecule has 2 N–H and O–H groups in total. The Labute approximate surface area is 183 Å². The van der Waals surface area contributed by atoms with Gasteiger partial charge in [0.2, 0.25) is 5.91 Å². The number of aromatic nitrogens is 2. The molecule has 154 valence electrons. The van der Waals surface area contributed by atoms with E-state index in [2.05, 4.69) is 15.7 Å². The lowest BCUT2D eigenvalue weighted by Gasteiger charge is -2.12. The zero-order valence-corrected chi connectivity index (χ0v) is 17.5. The van der Waals surface area contributed by atoms with E-state index < -0.39 is 6.04 Å². The molecule has 0 saturated heterocycles. The van der Waals surface area contributed by atoms with E-state index in [1.54, 1.807) is 16.8 Å². The number of anilines is 2. The van der Waals surface area contributed by atoms with Gasteiger partial charge in [0.15, 0.2) is 0 Å². The minimum Gasteiger partial charge on any atom is -0.325 e. The number of nitrogens with one attached hydrogen (secondary N) is 2. The van der Waals surface area contributed by atoms with Crippen molar-refractivity contribution < 1.29 is 9.59 Å². The highest BCUT2D eigenvalue weighted by Gasteiger charge is 2.36. The number of aryl methyl sites for hydroxylation is 1. The summed E-state index contributed by atoms with van der Waals surface area (Å²) in [7, 11) is 0. The van der Waals surface area contributed by atoms with Crippen molar-refractivity contribution in [3.05, 3.63) is 77.4 Å². The maximum Gasteiger partial charge on any atom is 0.251 e. The van der Waals surface area contributed by atoms with E-state index >= 15 is 0 Å². The molecular weight excluding hydrogens is 412 g/mol. The number of amides is 2. The van der Waals surface area contributed by atoms with Crippen molar-refractivity contribution >= 4 is 45.7 Å². The number of carbonyl (C=O) groups is 2. The van der Waals surface area contributed by atoms with Crippen molar-refractivity contribution in [3.63, 3.8) is 0 Å². The average Bonchev–Trinajstić information content (AvgIpc) is 3.23. The SMILES string of the molecule is Cc1nn2c(c1-c1ccc(Cl)cc1)NC(=O)C2CC(=O)Nc1cccc2ccccc12. The highest BCUT2D eigenvalue weighted by atomic mass is 35.5. The number of halogens is 1. The molecule has 0 aliphatic carbocycles. The Kier molecular flexibility index (Phi) is 4.71. The molecule has 1 unspecified atom stereocenters. The number of nitrogens with zero attached hydrogens (tertiary/aromatic N) is 2. The number of hydrogen-bond donors (Lipinski definition) is 2. The molecule has 1 atom stereocenters. The van der Waals surface area contributed by atoms with Crippen LogP contribution in [0, 0.1) is 6.92 Å². The van der Waals surface area contributed by atoms with Crippen LogP contribution in [-0.4, -0.2) is 21.6 Å². The Hall–Kier alpha value is -3.64. The highest BCUT2D eigenvalue weighted by Crippen LogP contribution is 2.38. The van der Waals surface area contributed by atoms with Crippen LogP contribution in [0.25, 0.3) is 21.9 Å². The van der Waals surface area contributed by atoms with E-state index in [0.717, 1.165) is 33.3 Å². The van der Waals surface area contributed by atoms with Gasteiger partial charge in [-0.1, -0.05) is 60.1 Å². The molecule has 0 radical (unpaired) electrons. The lowest BCUT2D eigenvalue weighted by molar-refractivity contribution is -0.123. The fourth-order valence-corrected chi connectivity index (χ4v) is 4.18. The summed E-state index contributed by atoms with van der Waals surface area (Å²) >= 11 is 6.00. The third kappa shape index (κ3) is 3.45. The summed E-state index contributed by atoms with van der Waals surface area (Å²) in [6.45, 7) is 1.88.